The van der Waals surface area contributed by atoms with Crippen LogP contribution in [0.4, 0.5) is 8.78 Å². The van der Waals surface area contributed by atoms with Crippen molar-refractivity contribution < 1.29 is 18.3 Å². The summed E-state index contributed by atoms with van der Waals surface area (Å²) in [5.74, 6) is -4.38. The number of hydrogen-bond donors (Lipinski definition) is 0. The summed E-state index contributed by atoms with van der Waals surface area (Å²) in [4.78, 5) is 11.0. The van der Waals surface area contributed by atoms with Gasteiger partial charge in [-0.15, -0.1) is 0 Å². The third-order valence-corrected chi connectivity index (χ3v) is 2.50. The van der Waals surface area contributed by atoms with Gasteiger partial charge < -0.3 is 4.74 Å². The second-order valence-corrected chi connectivity index (χ2v) is 4.00. The number of carbonyl (C=O) groups excluding carboxylic acids is 1. The molecule has 1 rings (SSSR count). The fourth-order valence-electron chi connectivity index (χ4n) is 1.28. The standard InChI is InChI=1S/C13H13ClF2O2/c1-2-18-12(17)9-13(15,16)11(14)8-10-6-4-3-5-7-10/h3-8H,2,9H2,1H3/b11-8-. The van der Waals surface area contributed by atoms with Gasteiger partial charge >= 0.3 is 5.97 Å². The van der Waals surface area contributed by atoms with Crippen LogP contribution in [-0.2, 0) is 9.53 Å². The van der Waals surface area contributed by atoms with Crippen LogP contribution in [0.25, 0.3) is 6.08 Å². The average Bonchev–Trinajstić information content (AvgIpc) is 2.29. The number of rotatable bonds is 5. The van der Waals surface area contributed by atoms with Crippen molar-refractivity contribution >= 4 is 23.6 Å². The van der Waals surface area contributed by atoms with Crippen LogP contribution in [0, 0.1) is 0 Å². The van der Waals surface area contributed by atoms with Crippen LogP contribution in [0.3, 0.4) is 0 Å². The number of alkyl halides is 2. The maximum absolute atomic E-state index is 13.6. The van der Waals surface area contributed by atoms with Gasteiger partial charge in [0.05, 0.1) is 11.6 Å². The zero-order chi connectivity index (χ0) is 13.6. The molecule has 0 saturated heterocycles. The fourth-order valence-corrected chi connectivity index (χ4v) is 1.47. The van der Waals surface area contributed by atoms with Crippen molar-refractivity contribution in [3.8, 4) is 0 Å². The lowest BCUT2D eigenvalue weighted by molar-refractivity contribution is -0.148. The van der Waals surface area contributed by atoms with Crippen molar-refractivity contribution in [3.05, 3.63) is 40.9 Å². The van der Waals surface area contributed by atoms with E-state index in [0.717, 1.165) is 6.08 Å². The predicted octanol–water partition coefficient (Wildman–Crippen LogP) is 3.85. The molecule has 0 aliphatic carbocycles. The molecule has 0 amide bonds. The van der Waals surface area contributed by atoms with E-state index >= 15 is 0 Å². The number of hydrogen-bond acceptors (Lipinski definition) is 2. The van der Waals surface area contributed by atoms with Gasteiger partial charge in [0, 0.05) is 0 Å². The van der Waals surface area contributed by atoms with Crippen LogP contribution in [0.5, 0.6) is 0 Å². The van der Waals surface area contributed by atoms with Crippen LogP contribution < -0.4 is 0 Å². The maximum Gasteiger partial charge on any atom is 0.312 e. The first-order valence-electron chi connectivity index (χ1n) is 5.42. The lowest BCUT2D eigenvalue weighted by atomic mass is 10.1. The summed E-state index contributed by atoms with van der Waals surface area (Å²) in [5, 5.41) is -0.679. The topological polar surface area (TPSA) is 26.3 Å². The summed E-state index contributed by atoms with van der Waals surface area (Å²) in [6, 6.07) is 8.46. The number of halogens is 3. The fraction of sp³-hybridized carbons (Fsp3) is 0.308. The molecule has 1 aromatic carbocycles. The quantitative estimate of drug-likeness (QED) is 0.762. The number of carbonyl (C=O) groups is 1. The summed E-state index contributed by atoms with van der Waals surface area (Å²) in [6.45, 7) is 1.62. The van der Waals surface area contributed by atoms with E-state index in [-0.39, 0.29) is 6.61 Å². The minimum Gasteiger partial charge on any atom is -0.466 e. The van der Waals surface area contributed by atoms with Gasteiger partial charge in [0.1, 0.15) is 6.42 Å². The van der Waals surface area contributed by atoms with E-state index in [1.54, 1.807) is 37.3 Å². The van der Waals surface area contributed by atoms with Crippen LogP contribution in [0.2, 0.25) is 0 Å². The van der Waals surface area contributed by atoms with Gasteiger partial charge in [0.25, 0.3) is 5.92 Å². The zero-order valence-electron chi connectivity index (χ0n) is 9.83. The Labute approximate surface area is 109 Å². The molecule has 5 heteroatoms. The van der Waals surface area contributed by atoms with E-state index in [4.69, 9.17) is 11.6 Å². The van der Waals surface area contributed by atoms with Crippen LogP contribution in [0.1, 0.15) is 18.9 Å². The second kappa shape index (κ2) is 6.50. The molecule has 0 radical (unpaired) electrons. The van der Waals surface area contributed by atoms with Crippen molar-refractivity contribution in [1.82, 2.24) is 0 Å². The lowest BCUT2D eigenvalue weighted by Gasteiger charge is -2.14. The first-order chi connectivity index (χ1) is 8.45. The molecule has 0 saturated carbocycles. The molecule has 0 heterocycles. The van der Waals surface area contributed by atoms with Crippen molar-refractivity contribution in [3.63, 3.8) is 0 Å². The predicted molar refractivity (Wildman–Crippen MR) is 66.5 cm³/mol. The van der Waals surface area contributed by atoms with Gasteiger partial charge in [-0.2, -0.15) is 8.78 Å². The molecule has 0 aromatic heterocycles. The van der Waals surface area contributed by atoms with E-state index in [0.29, 0.717) is 5.56 Å². The zero-order valence-corrected chi connectivity index (χ0v) is 10.6. The third kappa shape index (κ3) is 4.45. The molecule has 0 aliphatic heterocycles. The number of allylic oxidation sites excluding steroid dienone is 1. The van der Waals surface area contributed by atoms with Gasteiger partial charge in [0.15, 0.2) is 0 Å². The minimum atomic E-state index is -3.41. The molecule has 0 fully saturated rings. The van der Waals surface area contributed by atoms with Gasteiger partial charge in [-0.3, -0.25) is 4.79 Å². The monoisotopic (exact) mass is 274 g/mol. The molecule has 0 unspecified atom stereocenters. The molecule has 0 atom stereocenters. The Morgan fingerprint density at radius 1 is 1.39 bits per heavy atom. The highest BCUT2D eigenvalue weighted by molar-refractivity contribution is 6.32. The molecular formula is C13H13ClF2O2. The SMILES string of the molecule is CCOC(=O)CC(F)(F)/C(Cl)=C/c1ccccc1. The largest absolute Gasteiger partial charge is 0.466 e. The van der Waals surface area contributed by atoms with E-state index in [9.17, 15) is 13.6 Å². The summed E-state index contributed by atoms with van der Waals surface area (Å²) in [7, 11) is 0. The molecule has 1 aromatic rings. The average molecular weight is 275 g/mol. The smallest absolute Gasteiger partial charge is 0.312 e. The maximum atomic E-state index is 13.6. The van der Waals surface area contributed by atoms with Crippen molar-refractivity contribution in [2.75, 3.05) is 6.61 Å². The van der Waals surface area contributed by atoms with Gasteiger partial charge in [-0.25, -0.2) is 0 Å². The first-order valence-corrected chi connectivity index (χ1v) is 5.79. The van der Waals surface area contributed by atoms with Crippen molar-refractivity contribution in [2.45, 2.75) is 19.3 Å². The third-order valence-electron chi connectivity index (χ3n) is 2.11. The van der Waals surface area contributed by atoms with Crippen LogP contribution in [-0.4, -0.2) is 18.5 Å². The normalized spacial score (nSPS) is 12.3. The lowest BCUT2D eigenvalue weighted by Crippen LogP contribution is -2.23. The van der Waals surface area contributed by atoms with Gasteiger partial charge in [-0.1, -0.05) is 41.9 Å². The Morgan fingerprint density at radius 2 is 2.00 bits per heavy atom. The number of esters is 1. The van der Waals surface area contributed by atoms with E-state index in [1.807, 2.05) is 0 Å². The first kappa shape index (κ1) is 14.6. The summed E-state index contributed by atoms with van der Waals surface area (Å²) >= 11 is 5.55. The molecular weight excluding hydrogens is 262 g/mol. The molecule has 0 spiro atoms. The van der Waals surface area contributed by atoms with Gasteiger partial charge in [-0.05, 0) is 18.6 Å². The Kier molecular flexibility index (Phi) is 5.28. The Balaban J connectivity index is 2.78. The highest BCUT2D eigenvalue weighted by atomic mass is 35.5. The van der Waals surface area contributed by atoms with E-state index in [1.165, 1.54) is 0 Å². The van der Waals surface area contributed by atoms with E-state index in [2.05, 4.69) is 4.74 Å². The number of benzene rings is 1. The highest BCUT2D eigenvalue weighted by Gasteiger charge is 2.36. The summed E-state index contributed by atoms with van der Waals surface area (Å²) in [6.07, 6.45) is 0.0871. The number of ether oxygens (including phenoxy) is 1. The Morgan fingerprint density at radius 3 is 2.56 bits per heavy atom. The van der Waals surface area contributed by atoms with Gasteiger partial charge in [0.2, 0.25) is 0 Å². The van der Waals surface area contributed by atoms with Crippen molar-refractivity contribution in [1.29, 1.82) is 0 Å². The molecule has 0 N–H and O–H groups in total. The second-order valence-electron chi connectivity index (χ2n) is 3.59. The molecule has 0 aliphatic rings. The molecule has 0 bridgehead atoms. The molecule has 18 heavy (non-hydrogen) atoms. The minimum absolute atomic E-state index is 0.0644. The van der Waals surface area contributed by atoms with Crippen LogP contribution >= 0.6 is 11.6 Å². The Bertz CT molecular complexity index is 430. The molecule has 98 valence electrons. The van der Waals surface area contributed by atoms with Crippen molar-refractivity contribution in [2.24, 2.45) is 0 Å². The van der Waals surface area contributed by atoms with E-state index < -0.39 is 23.3 Å². The highest BCUT2D eigenvalue weighted by Crippen LogP contribution is 2.32. The molecule has 2 nitrogen and oxygen atoms in total. The van der Waals surface area contributed by atoms with Crippen LogP contribution in [0.15, 0.2) is 35.4 Å². The Hall–Kier alpha value is -1.42. The summed E-state index contributed by atoms with van der Waals surface area (Å²) < 4.78 is 31.6. The summed E-state index contributed by atoms with van der Waals surface area (Å²) in [5.41, 5.74) is 0.547.